The third-order valence-electron chi connectivity index (χ3n) is 5.97. The van der Waals surface area contributed by atoms with Gasteiger partial charge >= 0.3 is 0 Å². The van der Waals surface area contributed by atoms with Crippen LogP contribution in [0.25, 0.3) is 10.8 Å². The normalized spacial score (nSPS) is 24.2. The molecule has 1 N–H and O–H groups in total. The maximum absolute atomic E-state index is 13.3. The molecule has 1 saturated carbocycles. The predicted molar refractivity (Wildman–Crippen MR) is 113 cm³/mol. The minimum Gasteiger partial charge on any atom is -0.496 e. The number of fused-ring (bicyclic) bond motifs is 2. The van der Waals surface area contributed by atoms with Crippen LogP contribution in [0, 0.1) is 5.92 Å². The number of carbonyl (C=O) groups is 1. The molecular weight excluding hydrogens is 388 g/mol. The summed E-state index contributed by atoms with van der Waals surface area (Å²) in [5, 5.41) is 4.56. The first-order chi connectivity index (χ1) is 14.0. The zero-order valence-corrected chi connectivity index (χ0v) is 16.6. The first-order valence-electron chi connectivity index (χ1n) is 9.43. The van der Waals surface area contributed by atoms with Crippen LogP contribution < -0.4 is 14.4 Å². The molecular formula is C22H20N2O4S. The SMILES string of the molecule is COc1ccc(NC(=O)[C@]23C[C@H]2CN(c2ccccc2)S3(=O)=O)c2ccccc12. The van der Waals surface area contributed by atoms with E-state index in [0.717, 1.165) is 10.8 Å². The van der Waals surface area contributed by atoms with Gasteiger partial charge in [-0.05, 0) is 30.7 Å². The molecule has 0 aromatic heterocycles. The monoisotopic (exact) mass is 408 g/mol. The van der Waals surface area contributed by atoms with Gasteiger partial charge < -0.3 is 10.1 Å². The molecule has 3 aromatic carbocycles. The van der Waals surface area contributed by atoms with E-state index >= 15 is 0 Å². The van der Waals surface area contributed by atoms with Crippen molar-refractivity contribution in [2.75, 3.05) is 23.3 Å². The van der Waals surface area contributed by atoms with E-state index in [-0.39, 0.29) is 5.92 Å². The van der Waals surface area contributed by atoms with Gasteiger partial charge in [-0.15, -0.1) is 0 Å². The predicted octanol–water partition coefficient (Wildman–Crippen LogP) is 3.40. The Hall–Kier alpha value is -3.06. The summed E-state index contributed by atoms with van der Waals surface area (Å²) >= 11 is 0. The molecule has 1 heterocycles. The lowest BCUT2D eigenvalue weighted by Gasteiger charge is -2.23. The van der Waals surface area contributed by atoms with Gasteiger partial charge in [0.15, 0.2) is 4.75 Å². The Morgan fingerprint density at radius 1 is 1.03 bits per heavy atom. The first-order valence-corrected chi connectivity index (χ1v) is 10.9. The second-order valence-electron chi connectivity index (χ2n) is 7.48. The highest BCUT2D eigenvalue weighted by molar-refractivity contribution is 7.95. The van der Waals surface area contributed by atoms with Crippen LogP contribution in [0.4, 0.5) is 11.4 Å². The Bertz CT molecular complexity index is 1230. The lowest BCUT2D eigenvalue weighted by Crippen LogP contribution is -2.42. The fourth-order valence-corrected chi connectivity index (χ4v) is 6.71. The number of nitrogens with one attached hydrogen (secondary N) is 1. The van der Waals surface area contributed by atoms with Crippen molar-refractivity contribution in [2.45, 2.75) is 11.2 Å². The van der Waals surface area contributed by atoms with Crippen LogP contribution in [-0.4, -0.2) is 32.7 Å². The smallest absolute Gasteiger partial charge is 0.250 e. The van der Waals surface area contributed by atoms with Crippen LogP contribution in [0.1, 0.15) is 6.42 Å². The third kappa shape index (κ3) is 2.47. The van der Waals surface area contributed by atoms with Crippen molar-refractivity contribution in [2.24, 2.45) is 5.92 Å². The minimum atomic E-state index is -3.80. The molecule has 1 aliphatic carbocycles. The van der Waals surface area contributed by atoms with Crippen LogP contribution in [0.15, 0.2) is 66.7 Å². The number of benzene rings is 3. The van der Waals surface area contributed by atoms with E-state index in [2.05, 4.69) is 5.32 Å². The Morgan fingerprint density at radius 2 is 1.72 bits per heavy atom. The Labute approximate surface area is 169 Å². The summed E-state index contributed by atoms with van der Waals surface area (Å²) in [4.78, 5) is 13.2. The van der Waals surface area contributed by atoms with Crippen LogP contribution in [0.2, 0.25) is 0 Å². The summed E-state index contributed by atoms with van der Waals surface area (Å²) in [6.07, 6.45) is 0.360. The van der Waals surface area contributed by atoms with Crippen LogP contribution in [-0.2, 0) is 14.8 Å². The lowest BCUT2D eigenvalue weighted by molar-refractivity contribution is -0.116. The van der Waals surface area contributed by atoms with Gasteiger partial charge in [0.1, 0.15) is 5.75 Å². The molecule has 0 radical (unpaired) electrons. The number of hydrogen-bond donors (Lipinski definition) is 1. The average molecular weight is 408 g/mol. The van der Waals surface area contributed by atoms with Crippen molar-refractivity contribution in [3.05, 3.63) is 66.7 Å². The van der Waals surface area contributed by atoms with Crippen molar-refractivity contribution >= 4 is 38.1 Å². The fraction of sp³-hybridized carbons (Fsp3) is 0.227. The van der Waals surface area contributed by atoms with E-state index in [4.69, 9.17) is 4.74 Å². The van der Waals surface area contributed by atoms with E-state index < -0.39 is 20.7 Å². The van der Waals surface area contributed by atoms with Crippen LogP contribution >= 0.6 is 0 Å². The molecule has 2 aliphatic rings. The topological polar surface area (TPSA) is 75.7 Å². The molecule has 148 valence electrons. The number of sulfonamides is 1. The molecule has 0 bridgehead atoms. The lowest BCUT2D eigenvalue weighted by atomic mass is 10.1. The van der Waals surface area contributed by atoms with E-state index in [0.29, 0.717) is 30.1 Å². The van der Waals surface area contributed by atoms with E-state index in [9.17, 15) is 13.2 Å². The number of hydrogen-bond acceptors (Lipinski definition) is 4. The summed E-state index contributed by atoms with van der Waals surface area (Å²) < 4.78 is 32.0. The summed E-state index contributed by atoms with van der Waals surface area (Å²) in [5.41, 5.74) is 1.18. The highest BCUT2D eigenvalue weighted by atomic mass is 32.2. The van der Waals surface area contributed by atoms with Crippen LogP contribution in [0.3, 0.4) is 0 Å². The number of anilines is 2. The van der Waals surface area contributed by atoms with E-state index in [1.807, 2.05) is 30.3 Å². The quantitative estimate of drug-likeness (QED) is 0.718. The second-order valence-corrected chi connectivity index (χ2v) is 9.60. The molecule has 2 fully saturated rings. The fourth-order valence-electron chi connectivity index (χ4n) is 4.35. The maximum atomic E-state index is 13.3. The zero-order valence-electron chi connectivity index (χ0n) is 15.8. The highest BCUT2D eigenvalue weighted by Gasteiger charge is 2.75. The van der Waals surface area contributed by atoms with Crippen molar-refractivity contribution < 1.29 is 17.9 Å². The van der Waals surface area contributed by atoms with E-state index in [1.54, 1.807) is 43.5 Å². The largest absolute Gasteiger partial charge is 0.496 e. The molecule has 2 atom stereocenters. The molecule has 1 amide bonds. The number of carbonyl (C=O) groups excluding carboxylic acids is 1. The standard InChI is InChI=1S/C22H20N2O4S/c1-28-20-12-11-19(17-9-5-6-10-18(17)20)23-21(25)22-13-15(22)14-24(29(22,26)27)16-7-3-2-4-8-16/h2-12,15H,13-14H2,1H3,(H,23,25)/t15-,22-/m0/s1. The second kappa shape index (κ2) is 6.22. The molecule has 6 nitrogen and oxygen atoms in total. The number of nitrogens with zero attached hydrogens (tertiary/aromatic N) is 1. The third-order valence-corrected chi connectivity index (χ3v) is 8.51. The Balaban J connectivity index is 1.49. The van der Waals surface area contributed by atoms with Crippen molar-refractivity contribution in [1.29, 1.82) is 0 Å². The average Bonchev–Trinajstić information content (AvgIpc) is 3.44. The van der Waals surface area contributed by atoms with Crippen molar-refractivity contribution in [3.63, 3.8) is 0 Å². The summed E-state index contributed by atoms with van der Waals surface area (Å²) in [5.74, 6) is 0.0401. The molecule has 1 aliphatic heterocycles. The molecule has 3 aromatic rings. The summed E-state index contributed by atoms with van der Waals surface area (Å²) in [7, 11) is -2.20. The van der Waals surface area contributed by atoms with Gasteiger partial charge in [-0.3, -0.25) is 9.10 Å². The number of rotatable bonds is 4. The van der Waals surface area contributed by atoms with Gasteiger partial charge in [-0.1, -0.05) is 42.5 Å². The molecule has 1 saturated heterocycles. The number of para-hydroxylation sites is 1. The van der Waals surface area contributed by atoms with E-state index in [1.165, 1.54) is 4.31 Å². The maximum Gasteiger partial charge on any atom is 0.250 e. The molecule has 0 unspecified atom stereocenters. The summed E-state index contributed by atoms with van der Waals surface area (Å²) in [6.45, 7) is 0.336. The first kappa shape index (κ1) is 18.0. The van der Waals surface area contributed by atoms with Gasteiger partial charge in [0.05, 0.1) is 12.8 Å². The molecule has 0 spiro atoms. The highest BCUT2D eigenvalue weighted by Crippen LogP contribution is 2.58. The number of methoxy groups -OCH3 is 1. The van der Waals surface area contributed by atoms with Gasteiger partial charge in [0.2, 0.25) is 15.9 Å². The minimum absolute atomic E-state index is 0.197. The van der Waals surface area contributed by atoms with Crippen molar-refractivity contribution in [3.8, 4) is 5.75 Å². The molecule has 5 rings (SSSR count). The molecule has 29 heavy (non-hydrogen) atoms. The van der Waals surface area contributed by atoms with Gasteiger partial charge in [-0.25, -0.2) is 8.42 Å². The Kier molecular flexibility index (Phi) is 3.86. The number of amides is 1. The Morgan fingerprint density at radius 3 is 2.45 bits per heavy atom. The van der Waals surface area contributed by atoms with Gasteiger partial charge in [0.25, 0.3) is 0 Å². The number of ether oxygens (including phenoxy) is 1. The van der Waals surface area contributed by atoms with Crippen molar-refractivity contribution in [1.82, 2.24) is 0 Å². The van der Waals surface area contributed by atoms with Gasteiger partial charge in [0, 0.05) is 28.9 Å². The van der Waals surface area contributed by atoms with Crippen LogP contribution in [0.5, 0.6) is 5.75 Å². The molecule has 7 heteroatoms. The van der Waals surface area contributed by atoms with Gasteiger partial charge in [-0.2, -0.15) is 0 Å². The summed E-state index contributed by atoms with van der Waals surface area (Å²) in [6, 6.07) is 20.0. The zero-order chi connectivity index (χ0) is 20.2.